The number of aryl methyl sites for hydroxylation is 1. The molecule has 25 heavy (non-hydrogen) atoms. The molecule has 0 radical (unpaired) electrons. The first-order valence-electron chi connectivity index (χ1n) is 8.45. The number of aliphatic hydroxyl groups is 1. The van der Waals surface area contributed by atoms with E-state index in [9.17, 15) is 15.0 Å². The summed E-state index contributed by atoms with van der Waals surface area (Å²) in [5.41, 5.74) is 2.95. The van der Waals surface area contributed by atoms with Crippen LogP contribution >= 0.6 is 0 Å². The number of phenols is 1. The molecule has 5 nitrogen and oxygen atoms in total. The van der Waals surface area contributed by atoms with Crippen molar-refractivity contribution in [3.8, 4) is 5.75 Å². The van der Waals surface area contributed by atoms with Crippen molar-refractivity contribution >= 4 is 5.97 Å². The summed E-state index contributed by atoms with van der Waals surface area (Å²) in [5, 5.41) is 31.6. The van der Waals surface area contributed by atoms with E-state index in [1.807, 2.05) is 31.2 Å². The van der Waals surface area contributed by atoms with Gasteiger partial charge in [0.05, 0.1) is 6.10 Å². The Hall–Kier alpha value is -2.37. The van der Waals surface area contributed by atoms with Gasteiger partial charge in [0.1, 0.15) is 5.75 Å². The summed E-state index contributed by atoms with van der Waals surface area (Å²) < 4.78 is 0. The average Bonchev–Trinajstić information content (AvgIpc) is 2.61. The second kappa shape index (κ2) is 9.20. The number of hydrogen-bond acceptors (Lipinski definition) is 4. The van der Waals surface area contributed by atoms with Gasteiger partial charge in [-0.3, -0.25) is 4.79 Å². The number of hydrogen-bond donors (Lipinski definition) is 4. The first-order chi connectivity index (χ1) is 12.0. The van der Waals surface area contributed by atoms with E-state index in [-0.39, 0.29) is 18.2 Å². The van der Waals surface area contributed by atoms with Crippen LogP contribution in [0.1, 0.15) is 36.1 Å². The molecule has 0 amide bonds. The van der Waals surface area contributed by atoms with Crippen LogP contribution in [0.2, 0.25) is 0 Å². The van der Waals surface area contributed by atoms with Gasteiger partial charge >= 0.3 is 5.97 Å². The molecule has 5 heteroatoms. The number of benzene rings is 2. The van der Waals surface area contributed by atoms with E-state index >= 15 is 0 Å². The lowest BCUT2D eigenvalue weighted by atomic mass is 10.0. The van der Waals surface area contributed by atoms with E-state index in [0.717, 1.165) is 29.7 Å². The molecule has 0 spiro atoms. The number of carboxylic acids is 1. The molecule has 134 valence electrons. The van der Waals surface area contributed by atoms with E-state index in [1.54, 1.807) is 24.3 Å². The zero-order valence-corrected chi connectivity index (χ0v) is 14.4. The van der Waals surface area contributed by atoms with E-state index in [4.69, 9.17) is 5.11 Å². The SMILES string of the molecule is C[C@@H](NCCc1ccc(CCC(=O)O)cc1)[C@@H](O)c1ccc(O)cc1. The fourth-order valence-electron chi connectivity index (χ4n) is 2.64. The number of carboxylic acid groups (broad SMARTS) is 1. The molecule has 0 saturated carbocycles. The van der Waals surface area contributed by atoms with E-state index in [2.05, 4.69) is 5.32 Å². The molecule has 4 N–H and O–H groups in total. The third-order valence-electron chi connectivity index (χ3n) is 4.24. The van der Waals surface area contributed by atoms with E-state index in [0.29, 0.717) is 6.42 Å². The Kier molecular flexibility index (Phi) is 6.98. The topological polar surface area (TPSA) is 89.8 Å². The predicted molar refractivity (Wildman–Crippen MR) is 96.6 cm³/mol. The Bertz CT molecular complexity index is 667. The third-order valence-corrected chi connectivity index (χ3v) is 4.24. The minimum absolute atomic E-state index is 0.112. The Balaban J connectivity index is 1.77. The summed E-state index contributed by atoms with van der Waals surface area (Å²) in [6.07, 6.45) is 0.877. The number of carbonyl (C=O) groups is 1. The molecule has 0 bridgehead atoms. The molecular weight excluding hydrogens is 318 g/mol. The van der Waals surface area contributed by atoms with Gasteiger partial charge in [-0.1, -0.05) is 36.4 Å². The van der Waals surface area contributed by atoms with Crippen LogP contribution in [0, 0.1) is 0 Å². The second-order valence-corrected chi connectivity index (χ2v) is 6.24. The minimum atomic E-state index is -0.783. The highest BCUT2D eigenvalue weighted by atomic mass is 16.4. The molecule has 0 saturated heterocycles. The zero-order chi connectivity index (χ0) is 18.2. The molecule has 2 aromatic rings. The quantitative estimate of drug-likeness (QED) is 0.562. The zero-order valence-electron chi connectivity index (χ0n) is 14.4. The van der Waals surface area contributed by atoms with Crippen LogP contribution in [-0.2, 0) is 17.6 Å². The lowest BCUT2D eigenvalue weighted by Crippen LogP contribution is -2.33. The molecule has 2 aromatic carbocycles. The van der Waals surface area contributed by atoms with Gasteiger partial charge in [-0.25, -0.2) is 0 Å². The molecule has 0 aliphatic rings. The Morgan fingerprint density at radius 1 is 1.00 bits per heavy atom. The molecule has 2 atom stereocenters. The highest BCUT2D eigenvalue weighted by molar-refractivity contribution is 5.67. The maximum atomic E-state index is 10.6. The van der Waals surface area contributed by atoms with Crippen molar-refractivity contribution in [2.75, 3.05) is 6.54 Å². The molecular formula is C20H25NO4. The van der Waals surface area contributed by atoms with Crippen LogP contribution in [0.3, 0.4) is 0 Å². The smallest absolute Gasteiger partial charge is 0.303 e. The summed E-state index contributed by atoms with van der Waals surface area (Å²) in [5.74, 6) is -0.599. The molecule has 0 fully saturated rings. The number of aliphatic carboxylic acids is 1. The Morgan fingerprint density at radius 3 is 2.12 bits per heavy atom. The maximum Gasteiger partial charge on any atom is 0.303 e. The molecule has 0 aliphatic carbocycles. The summed E-state index contributed by atoms with van der Waals surface area (Å²) in [6.45, 7) is 2.65. The number of nitrogens with one attached hydrogen (secondary N) is 1. The van der Waals surface area contributed by atoms with Crippen molar-refractivity contribution < 1.29 is 20.1 Å². The summed E-state index contributed by atoms with van der Waals surface area (Å²) in [4.78, 5) is 10.6. The average molecular weight is 343 g/mol. The van der Waals surface area contributed by atoms with Gasteiger partial charge in [0.25, 0.3) is 0 Å². The standard InChI is InChI=1S/C20H25NO4/c1-14(20(25)17-7-9-18(22)10-8-17)21-13-12-16-4-2-15(3-5-16)6-11-19(23)24/h2-5,7-10,14,20-22,25H,6,11-13H2,1H3,(H,23,24)/t14-,20-/m1/s1. The van der Waals surface area contributed by atoms with Crippen LogP contribution in [0.5, 0.6) is 5.75 Å². The van der Waals surface area contributed by atoms with E-state index < -0.39 is 12.1 Å². The normalized spacial score (nSPS) is 13.4. The van der Waals surface area contributed by atoms with Gasteiger partial charge in [-0.05, 0) is 55.1 Å². The first-order valence-corrected chi connectivity index (χ1v) is 8.45. The monoisotopic (exact) mass is 343 g/mol. The summed E-state index contributed by atoms with van der Waals surface area (Å²) >= 11 is 0. The highest BCUT2D eigenvalue weighted by Crippen LogP contribution is 2.19. The minimum Gasteiger partial charge on any atom is -0.508 e. The lowest BCUT2D eigenvalue weighted by Gasteiger charge is -2.20. The lowest BCUT2D eigenvalue weighted by molar-refractivity contribution is -0.136. The van der Waals surface area contributed by atoms with Gasteiger partial charge < -0.3 is 20.6 Å². The van der Waals surface area contributed by atoms with Gasteiger partial charge in [-0.15, -0.1) is 0 Å². The van der Waals surface area contributed by atoms with Crippen molar-refractivity contribution in [3.63, 3.8) is 0 Å². The van der Waals surface area contributed by atoms with Crippen molar-refractivity contribution in [2.45, 2.75) is 38.3 Å². The molecule has 0 heterocycles. The van der Waals surface area contributed by atoms with Gasteiger partial charge in [0.2, 0.25) is 0 Å². The highest BCUT2D eigenvalue weighted by Gasteiger charge is 2.15. The first kappa shape index (κ1) is 19.0. The van der Waals surface area contributed by atoms with Crippen LogP contribution in [0.25, 0.3) is 0 Å². The second-order valence-electron chi connectivity index (χ2n) is 6.24. The van der Waals surface area contributed by atoms with Gasteiger partial charge in [0.15, 0.2) is 0 Å². The van der Waals surface area contributed by atoms with Crippen molar-refractivity contribution in [1.29, 1.82) is 0 Å². The number of aromatic hydroxyl groups is 1. The summed E-state index contributed by atoms with van der Waals surface area (Å²) in [7, 11) is 0. The fourth-order valence-corrected chi connectivity index (χ4v) is 2.64. The molecule has 0 aliphatic heterocycles. The Labute approximate surface area is 148 Å². The number of phenolic OH excluding ortho intramolecular Hbond substituents is 1. The third kappa shape index (κ3) is 6.21. The molecule has 2 rings (SSSR count). The van der Waals surface area contributed by atoms with Crippen LogP contribution < -0.4 is 5.32 Å². The summed E-state index contributed by atoms with van der Waals surface area (Å²) in [6, 6.07) is 14.4. The maximum absolute atomic E-state index is 10.6. The van der Waals surface area contributed by atoms with Crippen LogP contribution in [-0.4, -0.2) is 33.9 Å². The van der Waals surface area contributed by atoms with Crippen molar-refractivity contribution in [2.24, 2.45) is 0 Å². The van der Waals surface area contributed by atoms with Crippen molar-refractivity contribution in [3.05, 3.63) is 65.2 Å². The molecule has 0 aromatic heterocycles. The fraction of sp³-hybridized carbons (Fsp3) is 0.350. The van der Waals surface area contributed by atoms with E-state index in [1.165, 1.54) is 0 Å². The van der Waals surface area contributed by atoms with Crippen molar-refractivity contribution in [1.82, 2.24) is 5.32 Å². The predicted octanol–water partition coefficient (Wildman–Crippen LogP) is 2.66. The van der Waals surface area contributed by atoms with Crippen LogP contribution in [0.4, 0.5) is 0 Å². The molecule has 0 unspecified atom stereocenters. The van der Waals surface area contributed by atoms with Crippen LogP contribution in [0.15, 0.2) is 48.5 Å². The Morgan fingerprint density at radius 2 is 1.56 bits per heavy atom. The number of aliphatic hydroxyl groups excluding tert-OH is 1. The van der Waals surface area contributed by atoms with Gasteiger partial charge in [-0.2, -0.15) is 0 Å². The number of rotatable bonds is 9. The van der Waals surface area contributed by atoms with Gasteiger partial charge in [0, 0.05) is 12.5 Å². The largest absolute Gasteiger partial charge is 0.508 e.